The zero-order chi connectivity index (χ0) is 18.1. The Hall–Kier alpha value is -3.07. The molecule has 3 aromatic rings. The van der Waals surface area contributed by atoms with E-state index in [-0.39, 0.29) is 17.5 Å². The maximum Gasteiger partial charge on any atom is 0.326 e. The summed E-state index contributed by atoms with van der Waals surface area (Å²) in [5, 5.41) is 22.2. The zero-order valence-corrected chi connectivity index (χ0v) is 13.9. The molecular formula is C16H13N3O5S. The first-order chi connectivity index (χ1) is 11.9. The highest BCUT2D eigenvalue weighted by atomic mass is 32.1. The Kier molecular flexibility index (Phi) is 4.32. The summed E-state index contributed by atoms with van der Waals surface area (Å²) in [5.41, 5.74) is 0.469. The molecule has 3 rings (SSSR count). The molecule has 0 spiro atoms. The lowest BCUT2D eigenvalue weighted by Gasteiger charge is -2.13. The number of rotatable bonds is 5. The number of non-ortho nitro benzene ring substituents is 1. The average molecular weight is 359 g/mol. The summed E-state index contributed by atoms with van der Waals surface area (Å²) in [6.07, 6.45) is 1.47. The molecule has 0 radical (unpaired) electrons. The van der Waals surface area contributed by atoms with E-state index in [1.807, 2.05) is 0 Å². The molecule has 2 aromatic heterocycles. The molecule has 1 aromatic carbocycles. The van der Waals surface area contributed by atoms with Crippen molar-refractivity contribution >= 4 is 33.2 Å². The first kappa shape index (κ1) is 16.8. The van der Waals surface area contributed by atoms with E-state index >= 15 is 0 Å². The van der Waals surface area contributed by atoms with Gasteiger partial charge in [-0.3, -0.25) is 19.5 Å². The highest BCUT2D eigenvalue weighted by Crippen LogP contribution is 2.32. The number of fused-ring (bicyclic) bond motifs is 1. The van der Waals surface area contributed by atoms with Gasteiger partial charge >= 0.3 is 5.97 Å². The van der Waals surface area contributed by atoms with Gasteiger partial charge < -0.3 is 5.11 Å². The van der Waals surface area contributed by atoms with E-state index in [0.717, 1.165) is 4.57 Å². The monoisotopic (exact) mass is 359 g/mol. The van der Waals surface area contributed by atoms with E-state index in [1.165, 1.54) is 35.9 Å². The van der Waals surface area contributed by atoms with Gasteiger partial charge in [-0.1, -0.05) is 19.1 Å². The van der Waals surface area contributed by atoms with E-state index in [9.17, 15) is 24.8 Å². The normalized spacial score (nSPS) is 12.2. The fourth-order valence-electron chi connectivity index (χ4n) is 2.66. The Balaban J connectivity index is 2.25. The highest BCUT2D eigenvalue weighted by molar-refractivity contribution is 7.17. The number of nitro benzene ring substituents is 1. The van der Waals surface area contributed by atoms with Crippen molar-refractivity contribution in [1.82, 2.24) is 9.55 Å². The van der Waals surface area contributed by atoms with Crippen LogP contribution in [0.4, 0.5) is 5.69 Å². The van der Waals surface area contributed by atoms with Crippen molar-refractivity contribution in [1.29, 1.82) is 0 Å². The van der Waals surface area contributed by atoms with E-state index in [4.69, 9.17) is 0 Å². The van der Waals surface area contributed by atoms with Gasteiger partial charge in [0.05, 0.1) is 16.6 Å². The second-order valence-corrected chi connectivity index (χ2v) is 6.21. The maximum absolute atomic E-state index is 12.8. The summed E-state index contributed by atoms with van der Waals surface area (Å²) >= 11 is 1.23. The van der Waals surface area contributed by atoms with E-state index < -0.39 is 22.5 Å². The van der Waals surface area contributed by atoms with Gasteiger partial charge in [0, 0.05) is 23.1 Å². The van der Waals surface area contributed by atoms with Crippen LogP contribution in [0.3, 0.4) is 0 Å². The van der Waals surface area contributed by atoms with Crippen molar-refractivity contribution in [3.8, 4) is 11.1 Å². The van der Waals surface area contributed by atoms with Crippen molar-refractivity contribution in [2.75, 3.05) is 0 Å². The molecule has 0 saturated carbocycles. The van der Waals surface area contributed by atoms with E-state index in [1.54, 1.807) is 18.4 Å². The first-order valence-corrected chi connectivity index (χ1v) is 8.28. The van der Waals surface area contributed by atoms with Gasteiger partial charge in [0.15, 0.2) is 0 Å². The van der Waals surface area contributed by atoms with Crippen molar-refractivity contribution < 1.29 is 14.8 Å². The Labute approximate surface area is 145 Å². The minimum absolute atomic E-state index is 0.0852. The minimum atomic E-state index is -1.11. The number of carboxylic acid groups (broad SMARTS) is 1. The summed E-state index contributed by atoms with van der Waals surface area (Å²) in [5.74, 6) is -1.11. The van der Waals surface area contributed by atoms with Gasteiger partial charge in [-0.2, -0.15) is 0 Å². The molecule has 1 N–H and O–H groups in total. The molecule has 0 fully saturated rings. The summed E-state index contributed by atoms with van der Waals surface area (Å²) < 4.78 is 1.10. The number of thiophene rings is 1. The molecule has 2 heterocycles. The maximum atomic E-state index is 12.8. The largest absolute Gasteiger partial charge is 0.480 e. The molecule has 0 aliphatic carbocycles. The molecule has 0 saturated heterocycles. The molecule has 9 heteroatoms. The molecule has 0 amide bonds. The zero-order valence-electron chi connectivity index (χ0n) is 13.1. The van der Waals surface area contributed by atoms with Gasteiger partial charge in [0.1, 0.15) is 10.9 Å². The van der Waals surface area contributed by atoms with Gasteiger partial charge in [-0.05, 0) is 12.0 Å². The third-order valence-corrected chi connectivity index (χ3v) is 4.78. The molecule has 0 bridgehead atoms. The standard InChI is InChI=1S/C16H13N3O5S/c1-2-12(16(21)22)18-8-17-14-13(15(18)20)11(7-25-14)9-4-3-5-10(6-9)19(23)24/h3-8,12H,2H2,1H3,(H,21,22). The Morgan fingerprint density at radius 1 is 1.48 bits per heavy atom. The van der Waals surface area contributed by atoms with Crippen LogP contribution in [0.2, 0.25) is 0 Å². The minimum Gasteiger partial charge on any atom is -0.480 e. The van der Waals surface area contributed by atoms with Crippen LogP contribution in [0.1, 0.15) is 19.4 Å². The van der Waals surface area contributed by atoms with Crippen molar-refractivity contribution in [3.63, 3.8) is 0 Å². The van der Waals surface area contributed by atoms with E-state index in [2.05, 4.69) is 4.98 Å². The number of aromatic nitrogens is 2. The number of carboxylic acids is 1. The van der Waals surface area contributed by atoms with Crippen LogP contribution in [0.25, 0.3) is 21.3 Å². The van der Waals surface area contributed by atoms with Crippen molar-refractivity contribution in [2.45, 2.75) is 19.4 Å². The second-order valence-electron chi connectivity index (χ2n) is 5.36. The molecule has 0 aliphatic rings. The van der Waals surface area contributed by atoms with Crippen molar-refractivity contribution in [2.24, 2.45) is 0 Å². The predicted molar refractivity (Wildman–Crippen MR) is 92.9 cm³/mol. The lowest BCUT2D eigenvalue weighted by Crippen LogP contribution is -2.29. The first-order valence-electron chi connectivity index (χ1n) is 7.40. The topological polar surface area (TPSA) is 115 Å². The Morgan fingerprint density at radius 2 is 2.24 bits per heavy atom. The molecule has 8 nitrogen and oxygen atoms in total. The SMILES string of the molecule is CCC(C(=O)O)n1cnc2scc(-c3cccc([N+](=O)[O-])c3)c2c1=O. The lowest BCUT2D eigenvalue weighted by molar-refractivity contribution is -0.384. The van der Waals surface area contributed by atoms with Gasteiger partial charge in [-0.15, -0.1) is 11.3 Å². The molecule has 25 heavy (non-hydrogen) atoms. The molecule has 0 aliphatic heterocycles. The van der Waals surface area contributed by atoms with Crippen LogP contribution in [0.5, 0.6) is 0 Å². The molecular weight excluding hydrogens is 346 g/mol. The second kappa shape index (κ2) is 6.44. The third kappa shape index (κ3) is 2.89. The van der Waals surface area contributed by atoms with E-state index in [0.29, 0.717) is 16.0 Å². The van der Waals surface area contributed by atoms with Crippen LogP contribution >= 0.6 is 11.3 Å². The van der Waals surface area contributed by atoms with Gasteiger partial charge in [0.25, 0.3) is 11.2 Å². The number of nitrogens with zero attached hydrogens (tertiary/aromatic N) is 3. The number of hydrogen-bond donors (Lipinski definition) is 1. The fourth-order valence-corrected chi connectivity index (χ4v) is 3.56. The van der Waals surface area contributed by atoms with Crippen LogP contribution < -0.4 is 5.56 Å². The number of carbonyl (C=O) groups is 1. The summed E-state index contributed by atoms with van der Waals surface area (Å²) in [4.78, 5) is 39.3. The smallest absolute Gasteiger partial charge is 0.326 e. The number of hydrogen-bond acceptors (Lipinski definition) is 6. The van der Waals surface area contributed by atoms with Crippen molar-refractivity contribution in [3.05, 3.63) is 56.4 Å². The van der Waals surface area contributed by atoms with Gasteiger partial charge in [-0.25, -0.2) is 9.78 Å². The summed E-state index contributed by atoms with van der Waals surface area (Å²) in [6, 6.07) is 4.94. The summed E-state index contributed by atoms with van der Waals surface area (Å²) in [7, 11) is 0. The Bertz CT molecular complexity index is 1040. The quantitative estimate of drug-likeness (QED) is 0.553. The average Bonchev–Trinajstić information content (AvgIpc) is 3.02. The van der Waals surface area contributed by atoms with Gasteiger partial charge in [0.2, 0.25) is 0 Å². The number of nitro groups is 1. The predicted octanol–water partition coefficient (Wildman–Crippen LogP) is 3.07. The fraction of sp³-hybridized carbons (Fsp3) is 0.188. The lowest BCUT2D eigenvalue weighted by atomic mass is 10.1. The highest BCUT2D eigenvalue weighted by Gasteiger charge is 2.22. The number of benzene rings is 1. The van der Waals surface area contributed by atoms with Crippen LogP contribution in [0, 0.1) is 10.1 Å². The molecule has 1 atom stereocenters. The molecule has 128 valence electrons. The van der Waals surface area contributed by atoms with Crippen LogP contribution in [-0.2, 0) is 4.79 Å². The number of aliphatic carboxylic acids is 1. The molecule has 1 unspecified atom stereocenters. The van der Waals surface area contributed by atoms with Crippen LogP contribution in [-0.4, -0.2) is 25.6 Å². The summed E-state index contributed by atoms with van der Waals surface area (Å²) in [6.45, 7) is 1.67. The van der Waals surface area contributed by atoms with Crippen LogP contribution in [0.15, 0.2) is 40.8 Å². The Morgan fingerprint density at radius 3 is 2.88 bits per heavy atom. The third-order valence-electron chi connectivity index (χ3n) is 3.89.